The van der Waals surface area contributed by atoms with Crippen LogP contribution in [0, 0.1) is 0 Å². The van der Waals surface area contributed by atoms with Gasteiger partial charge in [-0.05, 0) is 52.6 Å². The number of rotatable bonds is 4. The molecule has 0 spiro atoms. The average molecular weight is 267 g/mol. The van der Waals surface area contributed by atoms with Crippen LogP contribution in [0.1, 0.15) is 45.2 Å². The molecule has 0 amide bonds. The van der Waals surface area contributed by atoms with Gasteiger partial charge >= 0.3 is 0 Å². The quantitative estimate of drug-likeness (QED) is 0.758. The first-order valence-electron chi connectivity index (χ1n) is 7.47. The van der Waals surface area contributed by atoms with Crippen LogP contribution in [0.25, 0.3) is 11.1 Å². The molecule has 0 saturated carbocycles. The molecule has 2 aromatic carbocycles. The van der Waals surface area contributed by atoms with E-state index >= 15 is 0 Å². The van der Waals surface area contributed by atoms with Crippen LogP contribution in [0.4, 0.5) is 5.69 Å². The molecule has 0 radical (unpaired) electrons. The number of aryl methyl sites for hydroxylation is 1. The second-order valence-corrected chi connectivity index (χ2v) is 6.08. The summed E-state index contributed by atoms with van der Waals surface area (Å²) in [5, 5.41) is 0. The highest BCUT2D eigenvalue weighted by Crippen LogP contribution is 2.30. The monoisotopic (exact) mass is 267 g/mol. The summed E-state index contributed by atoms with van der Waals surface area (Å²) in [4.78, 5) is 0. The molecule has 106 valence electrons. The Bertz CT molecular complexity index is 579. The van der Waals surface area contributed by atoms with Crippen molar-refractivity contribution < 1.29 is 0 Å². The molecule has 1 heteroatoms. The van der Waals surface area contributed by atoms with E-state index in [4.69, 9.17) is 5.73 Å². The number of nitrogens with two attached hydrogens (primary N) is 1. The lowest BCUT2D eigenvalue weighted by Gasteiger charge is -2.23. The Hall–Kier alpha value is -1.76. The van der Waals surface area contributed by atoms with Gasteiger partial charge in [0.1, 0.15) is 0 Å². The summed E-state index contributed by atoms with van der Waals surface area (Å²) in [5.41, 5.74) is 12.2. The number of benzene rings is 2. The van der Waals surface area contributed by atoms with Gasteiger partial charge in [-0.3, -0.25) is 0 Å². The summed E-state index contributed by atoms with van der Waals surface area (Å²) in [6.45, 7) is 8.96. The highest BCUT2D eigenvalue weighted by molar-refractivity contribution is 5.68. The van der Waals surface area contributed by atoms with Crippen molar-refractivity contribution in [1.82, 2.24) is 0 Å². The largest absolute Gasteiger partial charge is 0.399 e. The van der Waals surface area contributed by atoms with Gasteiger partial charge in [-0.15, -0.1) is 0 Å². The SMILES string of the molecule is CCc1cc(-c2ccc(C(C)(C)CC)cc2)ccc1N. The number of anilines is 1. The maximum Gasteiger partial charge on any atom is 0.0346 e. The molecule has 2 aromatic rings. The van der Waals surface area contributed by atoms with E-state index < -0.39 is 0 Å². The standard InChI is InChI=1S/C19H25N/c1-5-14-13-16(9-12-18(14)20)15-7-10-17(11-8-15)19(3,4)6-2/h7-13H,5-6,20H2,1-4H3. The maximum absolute atomic E-state index is 5.98. The van der Waals surface area contributed by atoms with Gasteiger partial charge in [-0.1, -0.05) is 58.0 Å². The van der Waals surface area contributed by atoms with Crippen LogP contribution < -0.4 is 5.73 Å². The van der Waals surface area contributed by atoms with Gasteiger partial charge in [-0.25, -0.2) is 0 Å². The summed E-state index contributed by atoms with van der Waals surface area (Å²) in [6, 6.07) is 15.3. The molecule has 2 N–H and O–H groups in total. The van der Waals surface area contributed by atoms with E-state index in [-0.39, 0.29) is 5.41 Å². The van der Waals surface area contributed by atoms with Crippen LogP contribution in [0.3, 0.4) is 0 Å². The highest BCUT2D eigenvalue weighted by atomic mass is 14.6. The molecule has 0 aliphatic carbocycles. The molecule has 0 heterocycles. The summed E-state index contributed by atoms with van der Waals surface area (Å²) in [7, 11) is 0. The van der Waals surface area contributed by atoms with E-state index in [0.29, 0.717) is 0 Å². The van der Waals surface area contributed by atoms with Crippen LogP contribution in [0.2, 0.25) is 0 Å². The van der Waals surface area contributed by atoms with Gasteiger partial charge < -0.3 is 5.73 Å². The molecule has 1 nitrogen and oxygen atoms in total. The van der Waals surface area contributed by atoms with Crippen molar-refractivity contribution in [2.24, 2.45) is 0 Å². The molecule has 0 saturated heterocycles. The number of hydrogen-bond donors (Lipinski definition) is 1. The molecule has 20 heavy (non-hydrogen) atoms. The molecular weight excluding hydrogens is 242 g/mol. The smallest absolute Gasteiger partial charge is 0.0346 e. The second-order valence-electron chi connectivity index (χ2n) is 6.08. The zero-order valence-electron chi connectivity index (χ0n) is 13.0. The fourth-order valence-corrected chi connectivity index (χ4v) is 2.41. The van der Waals surface area contributed by atoms with E-state index in [1.54, 1.807) is 0 Å². The van der Waals surface area contributed by atoms with Crippen LogP contribution >= 0.6 is 0 Å². The Morgan fingerprint density at radius 1 is 0.900 bits per heavy atom. The minimum Gasteiger partial charge on any atom is -0.399 e. The lowest BCUT2D eigenvalue weighted by Crippen LogP contribution is -2.14. The first kappa shape index (κ1) is 14.6. The van der Waals surface area contributed by atoms with Crippen molar-refractivity contribution in [2.75, 3.05) is 5.73 Å². The van der Waals surface area contributed by atoms with E-state index in [1.807, 2.05) is 6.07 Å². The minimum absolute atomic E-state index is 0.244. The summed E-state index contributed by atoms with van der Waals surface area (Å²) >= 11 is 0. The third-order valence-electron chi connectivity index (χ3n) is 4.41. The molecule has 0 aliphatic heterocycles. The van der Waals surface area contributed by atoms with Crippen LogP contribution in [-0.2, 0) is 11.8 Å². The van der Waals surface area contributed by atoms with Crippen molar-refractivity contribution in [3.05, 3.63) is 53.6 Å². The lowest BCUT2D eigenvalue weighted by molar-refractivity contribution is 0.506. The number of nitrogen functional groups attached to an aromatic ring is 1. The fourth-order valence-electron chi connectivity index (χ4n) is 2.41. The van der Waals surface area contributed by atoms with Gasteiger partial charge in [0.05, 0.1) is 0 Å². The Labute approximate surface area is 122 Å². The van der Waals surface area contributed by atoms with Crippen molar-refractivity contribution in [2.45, 2.75) is 46.0 Å². The van der Waals surface area contributed by atoms with Crippen molar-refractivity contribution in [3.63, 3.8) is 0 Å². The molecule has 2 rings (SSSR count). The molecule has 0 aromatic heterocycles. The third-order valence-corrected chi connectivity index (χ3v) is 4.41. The van der Waals surface area contributed by atoms with Crippen molar-refractivity contribution in [3.8, 4) is 11.1 Å². The van der Waals surface area contributed by atoms with Gasteiger partial charge in [0.25, 0.3) is 0 Å². The van der Waals surface area contributed by atoms with Crippen molar-refractivity contribution >= 4 is 5.69 Å². The molecule has 0 fully saturated rings. The van der Waals surface area contributed by atoms with Gasteiger partial charge in [0, 0.05) is 5.69 Å². The summed E-state index contributed by atoms with van der Waals surface area (Å²) in [5.74, 6) is 0. The average Bonchev–Trinajstić information content (AvgIpc) is 2.48. The molecule has 0 bridgehead atoms. The Balaban J connectivity index is 2.35. The van der Waals surface area contributed by atoms with E-state index in [2.05, 4.69) is 64.1 Å². The van der Waals surface area contributed by atoms with Crippen LogP contribution in [0.15, 0.2) is 42.5 Å². The van der Waals surface area contributed by atoms with Crippen LogP contribution in [0.5, 0.6) is 0 Å². The first-order valence-corrected chi connectivity index (χ1v) is 7.47. The zero-order valence-corrected chi connectivity index (χ0v) is 13.0. The minimum atomic E-state index is 0.244. The molecule has 0 atom stereocenters. The molecule has 0 aliphatic rings. The molecular formula is C19H25N. The van der Waals surface area contributed by atoms with E-state index in [9.17, 15) is 0 Å². The number of hydrogen-bond acceptors (Lipinski definition) is 1. The van der Waals surface area contributed by atoms with Gasteiger partial charge in [0.2, 0.25) is 0 Å². The van der Waals surface area contributed by atoms with E-state index in [0.717, 1.165) is 18.5 Å². The Kier molecular flexibility index (Phi) is 4.17. The molecule has 0 unspecified atom stereocenters. The predicted octanol–water partition coefficient (Wildman–Crippen LogP) is 5.19. The third kappa shape index (κ3) is 2.87. The zero-order chi connectivity index (χ0) is 14.8. The maximum atomic E-state index is 5.98. The Morgan fingerprint density at radius 2 is 1.50 bits per heavy atom. The van der Waals surface area contributed by atoms with Crippen molar-refractivity contribution in [1.29, 1.82) is 0 Å². The Morgan fingerprint density at radius 3 is 2.05 bits per heavy atom. The van der Waals surface area contributed by atoms with Gasteiger partial charge in [0.15, 0.2) is 0 Å². The van der Waals surface area contributed by atoms with Gasteiger partial charge in [-0.2, -0.15) is 0 Å². The fraction of sp³-hybridized carbons (Fsp3) is 0.368. The first-order chi connectivity index (χ1) is 9.47. The topological polar surface area (TPSA) is 26.0 Å². The summed E-state index contributed by atoms with van der Waals surface area (Å²) in [6.07, 6.45) is 2.12. The highest BCUT2D eigenvalue weighted by Gasteiger charge is 2.17. The normalized spacial score (nSPS) is 11.6. The predicted molar refractivity (Wildman–Crippen MR) is 89.0 cm³/mol. The summed E-state index contributed by atoms with van der Waals surface area (Å²) < 4.78 is 0. The second kappa shape index (κ2) is 5.70. The lowest BCUT2D eigenvalue weighted by atomic mass is 9.82. The van der Waals surface area contributed by atoms with E-state index in [1.165, 1.54) is 22.3 Å². The van der Waals surface area contributed by atoms with Crippen LogP contribution in [-0.4, -0.2) is 0 Å².